The first-order valence-electron chi connectivity index (χ1n) is 6.42. The summed E-state index contributed by atoms with van der Waals surface area (Å²) in [5, 5.41) is 0. The van der Waals surface area contributed by atoms with Crippen molar-refractivity contribution in [3.63, 3.8) is 0 Å². The molecule has 3 rings (SSSR count). The van der Waals surface area contributed by atoms with Crippen LogP contribution in [0.3, 0.4) is 0 Å². The van der Waals surface area contributed by atoms with Crippen LogP contribution in [0.1, 0.15) is 37.2 Å². The Balaban J connectivity index is 1.90. The summed E-state index contributed by atoms with van der Waals surface area (Å²) in [6.07, 6.45) is 4.52. The van der Waals surface area contributed by atoms with E-state index in [2.05, 4.69) is 4.90 Å². The number of hydrogen-bond acceptors (Lipinski definition) is 2. The van der Waals surface area contributed by atoms with E-state index in [1.807, 2.05) is 24.3 Å². The molecule has 0 radical (unpaired) electrons. The molecule has 0 aliphatic carbocycles. The van der Waals surface area contributed by atoms with Gasteiger partial charge in [-0.3, -0.25) is 4.79 Å². The molecule has 2 atom stereocenters. The summed E-state index contributed by atoms with van der Waals surface area (Å²) in [6.45, 7) is 0.937. The van der Waals surface area contributed by atoms with Gasteiger partial charge in [0.1, 0.15) is 0 Å². The van der Waals surface area contributed by atoms with Crippen molar-refractivity contribution in [1.82, 2.24) is 4.90 Å². The Labute approximate surface area is 102 Å². The van der Waals surface area contributed by atoms with Gasteiger partial charge in [0.15, 0.2) is 0 Å². The molecule has 17 heavy (non-hydrogen) atoms. The summed E-state index contributed by atoms with van der Waals surface area (Å²) in [5.74, 6) is 0.284. The van der Waals surface area contributed by atoms with Gasteiger partial charge in [0.2, 0.25) is 5.91 Å². The van der Waals surface area contributed by atoms with Crippen molar-refractivity contribution in [2.45, 2.75) is 37.6 Å². The molecule has 2 N–H and O–H groups in total. The number of benzene rings is 1. The molecule has 1 aromatic carbocycles. The minimum Gasteiger partial charge on any atom is -0.398 e. The fourth-order valence-corrected chi connectivity index (χ4v) is 3.20. The first-order chi connectivity index (χ1) is 8.27. The predicted molar refractivity (Wildman–Crippen MR) is 67.6 cm³/mol. The Hall–Kier alpha value is -1.51. The number of carbonyl (C=O) groups is 1. The molecule has 0 bridgehead atoms. The number of nitrogen functional groups attached to an aromatic ring is 1. The first kappa shape index (κ1) is 10.6. The maximum atomic E-state index is 12.4. The van der Waals surface area contributed by atoms with Gasteiger partial charge in [-0.05, 0) is 37.3 Å². The molecule has 2 aliphatic heterocycles. The molecule has 90 valence electrons. The number of carbonyl (C=O) groups excluding carboxylic acids is 1. The average molecular weight is 230 g/mol. The summed E-state index contributed by atoms with van der Waals surface area (Å²) in [5.41, 5.74) is 7.76. The molecule has 1 aromatic rings. The van der Waals surface area contributed by atoms with Crippen molar-refractivity contribution < 1.29 is 4.79 Å². The highest BCUT2D eigenvalue weighted by Crippen LogP contribution is 2.39. The van der Waals surface area contributed by atoms with E-state index < -0.39 is 0 Å². The minimum absolute atomic E-state index is 0.000648. The Morgan fingerprint density at radius 2 is 2.06 bits per heavy atom. The second-order valence-electron chi connectivity index (χ2n) is 5.10. The van der Waals surface area contributed by atoms with Gasteiger partial charge in [-0.2, -0.15) is 0 Å². The highest BCUT2D eigenvalue weighted by Gasteiger charge is 2.41. The maximum absolute atomic E-state index is 12.4. The third kappa shape index (κ3) is 1.70. The van der Waals surface area contributed by atoms with Gasteiger partial charge < -0.3 is 10.6 Å². The molecule has 3 nitrogen and oxygen atoms in total. The lowest BCUT2D eigenvalue weighted by molar-refractivity contribution is -0.130. The molecular formula is C14H18N2O. The third-order valence-electron chi connectivity index (χ3n) is 4.09. The van der Waals surface area contributed by atoms with E-state index in [1.165, 1.54) is 6.42 Å². The monoisotopic (exact) mass is 230 g/mol. The molecule has 2 heterocycles. The Morgan fingerprint density at radius 1 is 1.24 bits per heavy atom. The molecular weight excluding hydrogens is 212 g/mol. The number of rotatable bonds is 1. The molecule has 0 saturated carbocycles. The van der Waals surface area contributed by atoms with Gasteiger partial charge in [-0.15, -0.1) is 0 Å². The van der Waals surface area contributed by atoms with Gasteiger partial charge in [0.25, 0.3) is 0 Å². The number of anilines is 1. The predicted octanol–water partition coefficient (Wildman–Crippen LogP) is 2.14. The lowest BCUT2D eigenvalue weighted by atomic mass is 9.93. The van der Waals surface area contributed by atoms with Gasteiger partial charge in [-0.25, -0.2) is 0 Å². The molecule has 2 saturated heterocycles. The largest absolute Gasteiger partial charge is 0.398 e. The van der Waals surface area contributed by atoms with Gasteiger partial charge in [0.05, 0.1) is 5.92 Å². The number of para-hydroxylation sites is 1. The molecule has 1 amide bonds. The summed E-state index contributed by atoms with van der Waals surface area (Å²) < 4.78 is 0. The van der Waals surface area contributed by atoms with Crippen LogP contribution in [0.5, 0.6) is 0 Å². The highest BCUT2D eigenvalue weighted by molar-refractivity contribution is 5.88. The van der Waals surface area contributed by atoms with Crippen LogP contribution in [0.2, 0.25) is 0 Å². The van der Waals surface area contributed by atoms with Crippen molar-refractivity contribution in [1.29, 1.82) is 0 Å². The molecule has 0 aromatic heterocycles. The molecule has 2 aliphatic rings. The van der Waals surface area contributed by atoms with E-state index in [0.29, 0.717) is 6.04 Å². The second-order valence-corrected chi connectivity index (χ2v) is 5.10. The Morgan fingerprint density at radius 3 is 2.82 bits per heavy atom. The summed E-state index contributed by atoms with van der Waals surface area (Å²) >= 11 is 0. The van der Waals surface area contributed by atoms with E-state index in [9.17, 15) is 4.79 Å². The van der Waals surface area contributed by atoms with E-state index in [1.54, 1.807) is 0 Å². The third-order valence-corrected chi connectivity index (χ3v) is 4.09. The van der Waals surface area contributed by atoms with Crippen LogP contribution in [0.15, 0.2) is 24.3 Å². The molecule has 0 spiro atoms. The van der Waals surface area contributed by atoms with Crippen LogP contribution in [0.4, 0.5) is 5.69 Å². The highest BCUT2D eigenvalue weighted by atomic mass is 16.2. The van der Waals surface area contributed by atoms with Crippen LogP contribution >= 0.6 is 0 Å². The lowest BCUT2D eigenvalue weighted by Crippen LogP contribution is -2.37. The topological polar surface area (TPSA) is 46.3 Å². The van der Waals surface area contributed by atoms with Gasteiger partial charge in [-0.1, -0.05) is 18.2 Å². The number of hydrogen-bond donors (Lipinski definition) is 1. The standard InChI is InChI=1S/C14H18N2O/c15-13-7-2-1-6-11(13)12-9-10-5-3-4-8-16(10)14(12)17/h1-2,6-7,10,12H,3-5,8-9,15H2. The lowest BCUT2D eigenvalue weighted by Gasteiger charge is -2.29. The number of nitrogens with zero attached hydrogens (tertiary/aromatic N) is 1. The minimum atomic E-state index is -0.000648. The Kier molecular flexibility index (Phi) is 2.54. The quantitative estimate of drug-likeness (QED) is 0.751. The number of piperidine rings is 1. The fraction of sp³-hybridized carbons (Fsp3) is 0.500. The molecule has 3 heteroatoms. The van der Waals surface area contributed by atoms with Crippen LogP contribution in [0, 0.1) is 0 Å². The molecule has 2 unspecified atom stereocenters. The van der Waals surface area contributed by atoms with E-state index in [4.69, 9.17) is 5.73 Å². The van der Waals surface area contributed by atoms with Crippen molar-refractivity contribution in [2.24, 2.45) is 0 Å². The number of amides is 1. The zero-order chi connectivity index (χ0) is 11.8. The zero-order valence-corrected chi connectivity index (χ0v) is 9.93. The summed E-state index contributed by atoms with van der Waals surface area (Å²) in [6, 6.07) is 8.24. The summed E-state index contributed by atoms with van der Waals surface area (Å²) in [7, 11) is 0. The van der Waals surface area contributed by atoms with Crippen molar-refractivity contribution in [2.75, 3.05) is 12.3 Å². The maximum Gasteiger partial charge on any atom is 0.230 e. The Bertz CT molecular complexity index is 444. The van der Waals surface area contributed by atoms with Crippen molar-refractivity contribution >= 4 is 11.6 Å². The number of fused-ring (bicyclic) bond motifs is 1. The first-order valence-corrected chi connectivity index (χ1v) is 6.42. The van der Waals surface area contributed by atoms with E-state index in [0.717, 1.165) is 37.1 Å². The van der Waals surface area contributed by atoms with Crippen LogP contribution in [-0.2, 0) is 4.79 Å². The van der Waals surface area contributed by atoms with E-state index in [-0.39, 0.29) is 11.8 Å². The summed E-state index contributed by atoms with van der Waals surface area (Å²) in [4.78, 5) is 14.4. The SMILES string of the molecule is Nc1ccccc1C1CC2CCCCN2C1=O. The smallest absolute Gasteiger partial charge is 0.230 e. The van der Waals surface area contributed by atoms with E-state index >= 15 is 0 Å². The fourth-order valence-electron chi connectivity index (χ4n) is 3.20. The van der Waals surface area contributed by atoms with Gasteiger partial charge in [0, 0.05) is 18.3 Å². The zero-order valence-electron chi connectivity index (χ0n) is 9.93. The average Bonchev–Trinajstić information content (AvgIpc) is 2.68. The normalized spacial score (nSPS) is 28.2. The van der Waals surface area contributed by atoms with Gasteiger partial charge >= 0.3 is 0 Å². The van der Waals surface area contributed by atoms with Crippen LogP contribution < -0.4 is 5.73 Å². The van der Waals surface area contributed by atoms with Crippen molar-refractivity contribution in [3.8, 4) is 0 Å². The number of nitrogens with two attached hydrogens (primary N) is 1. The van der Waals surface area contributed by atoms with Crippen LogP contribution in [-0.4, -0.2) is 23.4 Å². The molecule has 2 fully saturated rings. The second kappa shape index (κ2) is 4.06. The van der Waals surface area contributed by atoms with Crippen molar-refractivity contribution in [3.05, 3.63) is 29.8 Å². The van der Waals surface area contributed by atoms with Crippen LogP contribution in [0.25, 0.3) is 0 Å².